The Morgan fingerprint density at radius 1 is 0.625 bits per heavy atom. The fraction of sp³-hybridized carbons (Fsp3) is 1.00. The standard InChI is InChI=1S/C6H16O6P2.2Co/c7-13(8,9)5-3-1-2-4-6-14(10,11)12;;/h1-6H2,(H2,7,8,9)(H2,10,11,12);;/q;2*+2/p-4. The largest absolute Gasteiger partial charge is 2.00 e. The van der Waals surface area contributed by atoms with Crippen molar-refractivity contribution in [1.82, 2.24) is 0 Å². The van der Waals surface area contributed by atoms with Crippen LogP contribution in [0.5, 0.6) is 0 Å². The Hall–Kier alpha value is 1.31. The fourth-order valence-corrected chi connectivity index (χ4v) is 2.19. The van der Waals surface area contributed by atoms with E-state index in [0.29, 0.717) is 12.8 Å². The van der Waals surface area contributed by atoms with E-state index >= 15 is 0 Å². The number of unbranched alkanes of at least 4 members (excludes halogenated alkanes) is 3. The van der Waals surface area contributed by atoms with Gasteiger partial charge >= 0.3 is 33.6 Å². The smallest absolute Gasteiger partial charge is 0.811 e. The molecule has 0 fully saturated rings. The normalized spacial score (nSPS) is 11.5. The zero-order chi connectivity index (χ0) is 11.2. The quantitative estimate of drug-likeness (QED) is 0.396. The van der Waals surface area contributed by atoms with E-state index in [4.69, 9.17) is 0 Å². The van der Waals surface area contributed by atoms with Crippen LogP contribution in [0.15, 0.2) is 0 Å². The van der Waals surface area contributed by atoms with E-state index in [-0.39, 0.29) is 46.4 Å². The van der Waals surface area contributed by atoms with Crippen molar-refractivity contribution < 1.29 is 62.3 Å². The summed E-state index contributed by atoms with van der Waals surface area (Å²) in [4.78, 5) is 40.6. The second kappa shape index (κ2) is 10.3. The molecule has 0 bridgehead atoms. The monoisotopic (exact) mass is 360 g/mol. The molecule has 0 unspecified atom stereocenters. The third-order valence-electron chi connectivity index (χ3n) is 1.61. The van der Waals surface area contributed by atoms with Crippen molar-refractivity contribution in [3.8, 4) is 0 Å². The molecular formula is C6H12Co2O6P2. The summed E-state index contributed by atoms with van der Waals surface area (Å²) in [6.45, 7) is 0. The summed E-state index contributed by atoms with van der Waals surface area (Å²) in [7, 11) is -8.85. The Balaban J connectivity index is -0.000000845. The predicted molar refractivity (Wildman–Crippen MR) is 43.4 cm³/mol. The van der Waals surface area contributed by atoms with Gasteiger partial charge in [0, 0.05) is 0 Å². The van der Waals surface area contributed by atoms with Crippen molar-refractivity contribution in [2.75, 3.05) is 12.3 Å². The summed E-state index contributed by atoms with van der Waals surface area (Å²) < 4.78 is 20.3. The second-order valence-corrected chi connectivity index (χ2v) is 6.42. The van der Waals surface area contributed by atoms with E-state index in [1.54, 1.807) is 0 Å². The van der Waals surface area contributed by atoms with Crippen molar-refractivity contribution in [2.45, 2.75) is 25.7 Å². The topological polar surface area (TPSA) is 126 Å². The Kier molecular flexibility index (Phi) is 14.4. The molecule has 0 aromatic rings. The van der Waals surface area contributed by atoms with Crippen LogP contribution in [0.2, 0.25) is 0 Å². The van der Waals surface area contributed by atoms with Gasteiger partial charge in [0.2, 0.25) is 0 Å². The van der Waals surface area contributed by atoms with E-state index in [1.165, 1.54) is 0 Å². The van der Waals surface area contributed by atoms with E-state index in [2.05, 4.69) is 0 Å². The van der Waals surface area contributed by atoms with Gasteiger partial charge in [0.25, 0.3) is 0 Å². The van der Waals surface area contributed by atoms with Gasteiger partial charge in [-0.15, -0.1) is 0 Å². The van der Waals surface area contributed by atoms with Crippen LogP contribution in [0, 0.1) is 0 Å². The van der Waals surface area contributed by atoms with Crippen LogP contribution in [0.25, 0.3) is 0 Å². The maximum absolute atomic E-state index is 10.2. The van der Waals surface area contributed by atoms with E-state index in [9.17, 15) is 28.7 Å². The molecule has 0 rings (SSSR count). The van der Waals surface area contributed by atoms with Crippen LogP contribution in [0.4, 0.5) is 0 Å². The van der Waals surface area contributed by atoms with Crippen LogP contribution < -0.4 is 19.6 Å². The number of rotatable bonds is 7. The molecule has 16 heavy (non-hydrogen) atoms. The van der Waals surface area contributed by atoms with Crippen molar-refractivity contribution in [3.63, 3.8) is 0 Å². The molecule has 0 saturated carbocycles. The minimum absolute atomic E-state index is 0. The van der Waals surface area contributed by atoms with Crippen LogP contribution >= 0.6 is 15.2 Å². The van der Waals surface area contributed by atoms with Crippen molar-refractivity contribution in [1.29, 1.82) is 0 Å². The molecule has 0 atom stereocenters. The molecule has 10 heteroatoms. The molecule has 0 aliphatic carbocycles. The first-order valence-corrected chi connectivity index (χ1v) is 7.68. The van der Waals surface area contributed by atoms with Crippen molar-refractivity contribution >= 4 is 15.2 Å². The molecule has 0 heterocycles. The van der Waals surface area contributed by atoms with Crippen LogP contribution in [0.1, 0.15) is 25.7 Å². The van der Waals surface area contributed by atoms with Gasteiger partial charge in [-0.05, 0) is 25.2 Å². The molecule has 0 aromatic heterocycles. The van der Waals surface area contributed by atoms with E-state index in [1.807, 2.05) is 0 Å². The molecular weight excluding hydrogens is 348 g/mol. The minimum Gasteiger partial charge on any atom is -0.811 e. The van der Waals surface area contributed by atoms with Gasteiger partial charge in [0.15, 0.2) is 0 Å². The molecule has 0 saturated heterocycles. The summed E-state index contributed by atoms with van der Waals surface area (Å²) in [6.07, 6.45) is 0.556. The first-order valence-electron chi connectivity index (χ1n) is 4.23. The zero-order valence-corrected chi connectivity index (χ0v) is 12.1. The van der Waals surface area contributed by atoms with Crippen LogP contribution in [-0.2, 0) is 42.7 Å². The van der Waals surface area contributed by atoms with Crippen molar-refractivity contribution in [3.05, 3.63) is 0 Å². The maximum atomic E-state index is 10.2. The Labute approximate surface area is 115 Å². The second-order valence-electron chi connectivity index (χ2n) is 3.08. The SMILES string of the molecule is O=P([O-])([O-])CCCCCCP(=O)([O-])[O-].[Co+2].[Co+2]. The fourth-order valence-electron chi connectivity index (χ4n) is 0.964. The van der Waals surface area contributed by atoms with Gasteiger partial charge in [-0.1, -0.05) is 28.0 Å². The van der Waals surface area contributed by atoms with Crippen LogP contribution in [-0.4, -0.2) is 12.3 Å². The summed E-state index contributed by atoms with van der Waals surface area (Å²) in [5.74, 6) is 0. The number of hydrogen-bond donors (Lipinski definition) is 0. The molecule has 100 valence electrons. The van der Waals surface area contributed by atoms with E-state index in [0.717, 1.165) is 0 Å². The molecule has 0 amide bonds. The van der Waals surface area contributed by atoms with Crippen LogP contribution in [0.3, 0.4) is 0 Å². The van der Waals surface area contributed by atoms with Gasteiger partial charge in [-0.25, -0.2) is 0 Å². The number of hydrogen-bond acceptors (Lipinski definition) is 6. The van der Waals surface area contributed by atoms with E-state index < -0.39 is 27.5 Å². The Morgan fingerprint density at radius 3 is 1.06 bits per heavy atom. The molecule has 6 nitrogen and oxygen atoms in total. The summed E-state index contributed by atoms with van der Waals surface area (Å²) >= 11 is 0. The third-order valence-corrected chi connectivity index (χ3v) is 3.34. The molecule has 0 aromatic carbocycles. The van der Waals surface area contributed by atoms with Gasteiger partial charge in [-0.3, -0.25) is 0 Å². The zero-order valence-electron chi connectivity index (χ0n) is 8.25. The minimum atomic E-state index is -4.43. The molecule has 0 N–H and O–H groups in total. The predicted octanol–water partition coefficient (Wildman–Crippen LogP) is -1.63. The summed E-state index contributed by atoms with van der Waals surface area (Å²) in [5, 5.41) is 0. The Bertz CT molecular complexity index is 223. The molecule has 2 radical (unpaired) electrons. The maximum Gasteiger partial charge on any atom is 2.00 e. The Morgan fingerprint density at radius 2 is 0.875 bits per heavy atom. The summed E-state index contributed by atoms with van der Waals surface area (Å²) in [6, 6.07) is 0. The van der Waals surface area contributed by atoms with Gasteiger partial charge in [0.05, 0.1) is 0 Å². The summed E-state index contributed by atoms with van der Waals surface area (Å²) in [5.41, 5.74) is 0. The van der Waals surface area contributed by atoms with Crippen molar-refractivity contribution in [2.24, 2.45) is 0 Å². The average Bonchev–Trinajstić information content (AvgIpc) is 1.92. The molecule has 0 aliphatic rings. The van der Waals surface area contributed by atoms with Gasteiger partial charge in [0.1, 0.15) is 0 Å². The molecule has 0 spiro atoms. The van der Waals surface area contributed by atoms with Gasteiger partial charge in [-0.2, -0.15) is 0 Å². The average molecular weight is 360 g/mol. The first-order chi connectivity index (χ1) is 6.21. The third kappa shape index (κ3) is 20.7. The van der Waals surface area contributed by atoms with Gasteiger partial charge < -0.3 is 28.7 Å². The molecule has 0 aliphatic heterocycles. The first kappa shape index (κ1) is 22.5.